The van der Waals surface area contributed by atoms with Gasteiger partial charge in [0.05, 0.1) is 0 Å². The van der Waals surface area contributed by atoms with E-state index < -0.39 is 0 Å². The molecule has 24 heavy (non-hydrogen) atoms. The Bertz CT molecular complexity index is 571. The molecule has 0 aliphatic carbocycles. The first-order valence-electron chi connectivity index (χ1n) is 8.94. The number of hydrogen-bond acceptors (Lipinski definition) is 3. The first kappa shape index (κ1) is 18.5. The van der Waals surface area contributed by atoms with Crippen molar-refractivity contribution in [1.82, 2.24) is 5.32 Å². The van der Waals surface area contributed by atoms with Crippen molar-refractivity contribution in [3.63, 3.8) is 0 Å². The van der Waals surface area contributed by atoms with Crippen LogP contribution >= 0.6 is 0 Å². The molecule has 0 heterocycles. The minimum atomic E-state index is 0.267. The topological polar surface area (TPSA) is 41.5 Å². The normalized spacial score (nSPS) is 12.1. The number of aliphatic hydroxyl groups is 1. The van der Waals surface area contributed by atoms with E-state index in [1.54, 1.807) is 0 Å². The van der Waals surface area contributed by atoms with Gasteiger partial charge in [-0.25, -0.2) is 0 Å². The molecule has 0 aliphatic rings. The second kappa shape index (κ2) is 10.8. The molecular weight excluding hydrogens is 298 g/mol. The summed E-state index contributed by atoms with van der Waals surface area (Å²) in [6.07, 6.45) is 4.08. The molecule has 130 valence electrons. The van der Waals surface area contributed by atoms with Gasteiger partial charge in [0.2, 0.25) is 0 Å². The molecule has 1 unspecified atom stereocenters. The molecular formula is C21H29NO2. The lowest BCUT2D eigenvalue weighted by Gasteiger charge is -2.19. The first-order chi connectivity index (χ1) is 11.8. The van der Waals surface area contributed by atoms with E-state index in [4.69, 9.17) is 9.84 Å². The highest BCUT2D eigenvalue weighted by molar-refractivity contribution is 5.31. The van der Waals surface area contributed by atoms with Crippen molar-refractivity contribution in [3.05, 3.63) is 65.7 Å². The second-order valence-corrected chi connectivity index (χ2v) is 6.07. The predicted molar refractivity (Wildman–Crippen MR) is 99.2 cm³/mol. The van der Waals surface area contributed by atoms with Crippen LogP contribution < -0.4 is 10.1 Å². The van der Waals surface area contributed by atoms with Crippen molar-refractivity contribution in [1.29, 1.82) is 0 Å². The fraction of sp³-hybridized carbons (Fsp3) is 0.429. The van der Waals surface area contributed by atoms with Gasteiger partial charge in [0.1, 0.15) is 12.4 Å². The molecule has 2 aromatic rings. The van der Waals surface area contributed by atoms with E-state index in [1.807, 2.05) is 24.3 Å². The zero-order valence-corrected chi connectivity index (χ0v) is 14.6. The van der Waals surface area contributed by atoms with E-state index >= 15 is 0 Å². The van der Waals surface area contributed by atoms with Gasteiger partial charge in [-0.3, -0.25) is 0 Å². The van der Waals surface area contributed by atoms with Crippen molar-refractivity contribution < 1.29 is 9.84 Å². The largest absolute Gasteiger partial charge is 0.489 e. The third kappa shape index (κ3) is 6.34. The molecule has 2 rings (SSSR count). The molecule has 0 amide bonds. The number of ether oxygens (including phenoxy) is 1. The van der Waals surface area contributed by atoms with Gasteiger partial charge in [0.15, 0.2) is 0 Å². The minimum absolute atomic E-state index is 0.267. The van der Waals surface area contributed by atoms with Crippen LogP contribution in [0.15, 0.2) is 54.6 Å². The second-order valence-electron chi connectivity index (χ2n) is 6.07. The van der Waals surface area contributed by atoms with Crippen LogP contribution in [0.25, 0.3) is 0 Å². The lowest BCUT2D eigenvalue weighted by Crippen LogP contribution is -2.22. The molecule has 1 atom stereocenters. The van der Waals surface area contributed by atoms with Crippen LogP contribution in [0.2, 0.25) is 0 Å². The van der Waals surface area contributed by atoms with E-state index in [1.165, 1.54) is 11.1 Å². The molecule has 0 aliphatic heterocycles. The van der Waals surface area contributed by atoms with Crippen molar-refractivity contribution in [2.75, 3.05) is 13.2 Å². The predicted octanol–water partition coefficient (Wildman–Crippen LogP) is 4.47. The van der Waals surface area contributed by atoms with E-state index in [9.17, 15) is 0 Å². The fourth-order valence-corrected chi connectivity index (χ4v) is 2.75. The Morgan fingerprint density at radius 2 is 1.88 bits per heavy atom. The zero-order valence-electron chi connectivity index (χ0n) is 14.6. The maximum absolute atomic E-state index is 8.90. The van der Waals surface area contributed by atoms with E-state index in [-0.39, 0.29) is 6.61 Å². The maximum Gasteiger partial charge on any atom is 0.120 e. The summed E-state index contributed by atoms with van der Waals surface area (Å²) in [6, 6.07) is 19.0. The molecule has 0 saturated carbocycles. The number of nitrogens with one attached hydrogen (secondary N) is 1. The molecule has 2 aromatic carbocycles. The molecule has 0 saturated heterocycles. The highest BCUT2D eigenvalue weighted by atomic mass is 16.5. The van der Waals surface area contributed by atoms with Gasteiger partial charge in [-0.2, -0.15) is 0 Å². The van der Waals surface area contributed by atoms with Gasteiger partial charge in [-0.15, -0.1) is 0 Å². The quantitative estimate of drug-likeness (QED) is 0.598. The summed E-state index contributed by atoms with van der Waals surface area (Å²) in [5.41, 5.74) is 2.45. The number of aliphatic hydroxyl groups excluding tert-OH is 1. The number of unbranched alkanes of at least 4 members (excludes halogenated alkanes) is 1. The van der Waals surface area contributed by atoms with Gasteiger partial charge in [0, 0.05) is 12.6 Å². The Morgan fingerprint density at radius 3 is 2.62 bits per heavy atom. The summed E-state index contributed by atoms with van der Waals surface area (Å²) in [5.74, 6) is 0.912. The molecule has 0 fully saturated rings. The maximum atomic E-state index is 8.90. The first-order valence-corrected chi connectivity index (χ1v) is 8.94. The van der Waals surface area contributed by atoms with E-state index in [0.29, 0.717) is 12.6 Å². The van der Waals surface area contributed by atoms with Gasteiger partial charge < -0.3 is 15.2 Å². The Morgan fingerprint density at radius 1 is 1.04 bits per heavy atom. The number of hydrogen-bond donors (Lipinski definition) is 2. The Kier molecular flexibility index (Phi) is 8.36. The van der Waals surface area contributed by atoms with Crippen molar-refractivity contribution in [3.8, 4) is 5.75 Å². The third-order valence-electron chi connectivity index (χ3n) is 4.06. The summed E-state index contributed by atoms with van der Waals surface area (Å²) in [7, 11) is 0. The average molecular weight is 327 g/mol. The average Bonchev–Trinajstić information content (AvgIpc) is 2.64. The molecule has 0 radical (unpaired) electrons. The molecule has 0 aromatic heterocycles. The van der Waals surface area contributed by atoms with Crippen molar-refractivity contribution >= 4 is 0 Å². The summed E-state index contributed by atoms with van der Waals surface area (Å²) < 4.78 is 5.94. The molecule has 2 N–H and O–H groups in total. The Hall–Kier alpha value is -1.84. The fourth-order valence-electron chi connectivity index (χ4n) is 2.75. The van der Waals surface area contributed by atoms with Crippen LogP contribution in [-0.4, -0.2) is 18.3 Å². The Labute approximate surface area is 145 Å². The smallest absolute Gasteiger partial charge is 0.120 e. The minimum Gasteiger partial charge on any atom is -0.489 e. The molecule has 3 heteroatoms. The van der Waals surface area contributed by atoms with Crippen LogP contribution in [0, 0.1) is 0 Å². The van der Waals surface area contributed by atoms with Crippen molar-refractivity contribution in [2.45, 2.75) is 45.3 Å². The van der Waals surface area contributed by atoms with Crippen LogP contribution in [-0.2, 0) is 6.61 Å². The number of rotatable bonds is 11. The van der Waals surface area contributed by atoms with Crippen LogP contribution in [0.1, 0.15) is 49.8 Å². The van der Waals surface area contributed by atoms with E-state index in [0.717, 1.165) is 38.0 Å². The van der Waals surface area contributed by atoms with Gasteiger partial charge in [0.25, 0.3) is 0 Å². The summed E-state index contributed by atoms with van der Waals surface area (Å²) >= 11 is 0. The Balaban J connectivity index is 1.95. The zero-order chi connectivity index (χ0) is 17.0. The lowest BCUT2D eigenvalue weighted by atomic mass is 10.0. The summed E-state index contributed by atoms with van der Waals surface area (Å²) in [4.78, 5) is 0. The third-order valence-corrected chi connectivity index (χ3v) is 4.06. The SMILES string of the molecule is CCCC(NCCCCO)c1cccc(OCc2ccccc2)c1. The van der Waals surface area contributed by atoms with Gasteiger partial charge >= 0.3 is 0 Å². The molecule has 0 spiro atoms. The highest BCUT2D eigenvalue weighted by Crippen LogP contribution is 2.23. The number of benzene rings is 2. The monoisotopic (exact) mass is 327 g/mol. The standard InChI is InChI=1S/C21H29NO2/c1-2-9-21(22-14-6-7-15-23)19-12-8-13-20(16-19)24-17-18-10-4-3-5-11-18/h3-5,8,10-13,16,21-23H,2,6-7,9,14-15,17H2,1H3. The molecule has 0 bridgehead atoms. The lowest BCUT2D eigenvalue weighted by molar-refractivity contribution is 0.282. The van der Waals surface area contributed by atoms with E-state index in [2.05, 4.69) is 42.6 Å². The highest BCUT2D eigenvalue weighted by Gasteiger charge is 2.10. The summed E-state index contributed by atoms with van der Waals surface area (Å²) in [6.45, 7) is 3.99. The van der Waals surface area contributed by atoms with Gasteiger partial charge in [-0.1, -0.05) is 55.8 Å². The van der Waals surface area contributed by atoms with Crippen LogP contribution in [0.3, 0.4) is 0 Å². The summed E-state index contributed by atoms with van der Waals surface area (Å²) in [5, 5.41) is 12.5. The van der Waals surface area contributed by atoms with Crippen molar-refractivity contribution in [2.24, 2.45) is 0 Å². The molecule has 3 nitrogen and oxygen atoms in total. The van der Waals surface area contributed by atoms with Crippen LogP contribution in [0.4, 0.5) is 0 Å². The van der Waals surface area contributed by atoms with Crippen LogP contribution in [0.5, 0.6) is 5.75 Å². The van der Waals surface area contributed by atoms with Gasteiger partial charge in [-0.05, 0) is 49.1 Å².